The second-order valence-corrected chi connectivity index (χ2v) is 12.6. The predicted octanol–water partition coefficient (Wildman–Crippen LogP) is 1.16. The first-order valence-electron chi connectivity index (χ1n) is 16.0. The fourth-order valence-corrected chi connectivity index (χ4v) is 6.14. The molecule has 21 heteroatoms. The number of hydrogen-bond donors (Lipinski definition) is 7. The van der Waals surface area contributed by atoms with Crippen LogP contribution in [0.2, 0.25) is 5.02 Å². The first kappa shape index (κ1) is 39.1. The van der Waals surface area contributed by atoms with E-state index in [0.29, 0.717) is 11.0 Å². The predicted molar refractivity (Wildman–Crippen MR) is 182 cm³/mol. The van der Waals surface area contributed by atoms with Gasteiger partial charge < -0.3 is 50.5 Å². The van der Waals surface area contributed by atoms with Crippen LogP contribution in [0.15, 0.2) is 42.5 Å². The Kier molecular flexibility index (Phi) is 11.5. The summed E-state index contributed by atoms with van der Waals surface area (Å²) in [4.78, 5) is 80.5. The number of carboxylic acid groups (broad SMARTS) is 1. The highest BCUT2D eigenvalue weighted by molar-refractivity contribution is 6.47. The maximum atomic E-state index is 14.6. The standard InChI is InChI=1S/C33H31BClF2N5O12/c1-40(29(47)16-4-2-5-17(43)12-16)8-3-9-41-10-11-42(31(49)30(41)48)33(52)39-24(18-14-20(37)25(44)26(45)23(18)35)28(46)38-21-13-15-6-7-19(36)22(32(50)51)27(15)54-34(21)53/h2,4-7,12,14,21,24,43-45,53H,3,8-11,13H2,1H3,(H,38,46)(H,39,52)(H,50,51)/t21-,24?/m0/s1. The van der Waals surface area contributed by atoms with Gasteiger partial charge in [-0.05, 0) is 48.7 Å². The van der Waals surface area contributed by atoms with Crippen molar-refractivity contribution in [2.45, 2.75) is 24.8 Å². The van der Waals surface area contributed by atoms with E-state index >= 15 is 0 Å². The summed E-state index contributed by atoms with van der Waals surface area (Å²) in [5, 5.41) is 53.4. The number of piperazine rings is 1. The van der Waals surface area contributed by atoms with Crippen LogP contribution in [0.3, 0.4) is 0 Å². The quantitative estimate of drug-likeness (QED) is 0.0872. The first-order valence-corrected chi connectivity index (χ1v) is 16.4. The van der Waals surface area contributed by atoms with E-state index in [2.05, 4.69) is 10.6 Å². The number of phenolic OH excluding ortho intramolecular Hbond substituents is 3. The number of carboxylic acids is 1. The first-order chi connectivity index (χ1) is 25.5. The van der Waals surface area contributed by atoms with E-state index < -0.39 is 99.8 Å². The van der Waals surface area contributed by atoms with Crippen molar-refractivity contribution in [3.05, 3.63) is 81.4 Å². The Labute approximate surface area is 309 Å². The average molecular weight is 774 g/mol. The molecule has 1 unspecified atom stereocenters. The topological polar surface area (TPSA) is 247 Å². The van der Waals surface area contributed by atoms with Gasteiger partial charge in [-0.25, -0.2) is 18.4 Å². The summed E-state index contributed by atoms with van der Waals surface area (Å²) in [7, 11) is -0.466. The van der Waals surface area contributed by atoms with Gasteiger partial charge in [-0.1, -0.05) is 23.7 Å². The highest BCUT2D eigenvalue weighted by Gasteiger charge is 2.42. The Hall–Kier alpha value is -6.15. The number of phenols is 3. The Morgan fingerprint density at radius 3 is 2.44 bits per heavy atom. The van der Waals surface area contributed by atoms with E-state index in [1.54, 1.807) is 0 Å². The number of nitrogens with zero attached hydrogens (tertiary/aromatic N) is 3. The van der Waals surface area contributed by atoms with Gasteiger partial charge in [-0.3, -0.25) is 24.1 Å². The van der Waals surface area contributed by atoms with Crippen molar-refractivity contribution in [2.24, 2.45) is 0 Å². The summed E-state index contributed by atoms with van der Waals surface area (Å²) in [5.74, 6) is -12.8. The molecule has 2 heterocycles. The minimum absolute atomic E-state index is 0.0138. The highest BCUT2D eigenvalue weighted by atomic mass is 35.5. The number of imide groups is 1. The van der Waals surface area contributed by atoms with Crippen LogP contribution < -0.4 is 15.3 Å². The van der Waals surface area contributed by atoms with Crippen LogP contribution in [0.4, 0.5) is 13.6 Å². The molecule has 7 N–H and O–H groups in total. The van der Waals surface area contributed by atoms with Crippen molar-refractivity contribution in [2.75, 3.05) is 33.2 Å². The molecule has 0 saturated carbocycles. The van der Waals surface area contributed by atoms with Crippen molar-refractivity contribution < 1.29 is 67.7 Å². The number of carbonyl (C=O) groups excluding carboxylic acids is 5. The molecule has 3 aromatic rings. The number of urea groups is 1. The Morgan fingerprint density at radius 1 is 1.04 bits per heavy atom. The lowest BCUT2D eigenvalue weighted by molar-refractivity contribution is -0.153. The van der Waals surface area contributed by atoms with Gasteiger partial charge in [-0.2, -0.15) is 0 Å². The molecule has 1 saturated heterocycles. The fourth-order valence-electron chi connectivity index (χ4n) is 5.88. The third kappa shape index (κ3) is 7.93. The Bertz CT molecular complexity index is 2060. The summed E-state index contributed by atoms with van der Waals surface area (Å²) < 4.78 is 34.0. The molecule has 2 atom stereocenters. The number of benzene rings is 3. The van der Waals surface area contributed by atoms with Crippen molar-refractivity contribution >= 4 is 54.3 Å². The molecule has 17 nitrogen and oxygen atoms in total. The van der Waals surface area contributed by atoms with Crippen molar-refractivity contribution in [3.8, 4) is 23.0 Å². The molecule has 0 spiro atoms. The molecule has 0 aliphatic carbocycles. The molecule has 6 amide bonds. The van der Waals surface area contributed by atoms with Gasteiger partial charge in [0.05, 0.1) is 11.0 Å². The van der Waals surface area contributed by atoms with Crippen LogP contribution in [-0.4, -0.2) is 122 Å². The summed E-state index contributed by atoms with van der Waals surface area (Å²) in [6.45, 7) is -0.355. The largest absolute Gasteiger partial charge is 0.547 e. The molecule has 3 aromatic carbocycles. The third-order valence-corrected chi connectivity index (χ3v) is 9.10. The molecule has 284 valence electrons. The lowest BCUT2D eigenvalue weighted by atomic mass is 9.72. The van der Waals surface area contributed by atoms with E-state index in [1.807, 2.05) is 0 Å². The van der Waals surface area contributed by atoms with Crippen molar-refractivity contribution in [1.82, 2.24) is 25.3 Å². The maximum Gasteiger partial charge on any atom is 0.547 e. The molecule has 0 aromatic heterocycles. The lowest BCUT2D eigenvalue weighted by Crippen LogP contribution is -2.60. The molecule has 1 fully saturated rings. The van der Waals surface area contributed by atoms with Gasteiger partial charge in [0.2, 0.25) is 5.91 Å². The molecular weight excluding hydrogens is 743 g/mol. The number of halogens is 3. The second-order valence-electron chi connectivity index (χ2n) is 12.3. The molecule has 5 rings (SSSR count). The zero-order valence-corrected chi connectivity index (χ0v) is 28.8. The minimum atomic E-state index is -2.07. The van der Waals surface area contributed by atoms with Gasteiger partial charge in [0, 0.05) is 44.4 Å². The fraction of sp³-hybridized carbons (Fsp3) is 0.273. The molecule has 2 aliphatic heterocycles. The van der Waals surface area contributed by atoms with Gasteiger partial charge in [0.25, 0.3) is 5.91 Å². The zero-order chi connectivity index (χ0) is 39.6. The van der Waals surface area contributed by atoms with Crippen LogP contribution in [0, 0.1) is 11.6 Å². The van der Waals surface area contributed by atoms with Crippen molar-refractivity contribution in [3.63, 3.8) is 0 Å². The van der Waals surface area contributed by atoms with E-state index in [0.717, 1.165) is 17.0 Å². The van der Waals surface area contributed by atoms with E-state index in [4.69, 9.17) is 16.3 Å². The van der Waals surface area contributed by atoms with E-state index in [9.17, 15) is 63.0 Å². The highest BCUT2D eigenvalue weighted by Crippen LogP contribution is 2.40. The maximum absolute atomic E-state index is 14.6. The van der Waals surface area contributed by atoms with Crippen LogP contribution in [-0.2, 0) is 20.8 Å². The number of carbonyl (C=O) groups is 6. The summed E-state index contributed by atoms with van der Waals surface area (Å²) in [6.07, 6.45) is -0.0994. The lowest BCUT2D eigenvalue weighted by Gasteiger charge is -2.34. The number of hydrogen-bond acceptors (Lipinski definition) is 11. The Morgan fingerprint density at radius 2 is 1.76 bits per heavy atom. The number of aromatic carboxylic acids is 1. The van der Waals surface area contributed by atoms with Crippen LogP contribution >= 0.6 is 11.6 Å². The summed E-state index contributed by atoms with van der Waals surface area (Å²) in [5.41, 5.74) is -1.19. The average Bonchev–Trinajstić information content (AvgIpc) is 3.12. The summed E-state index contributed by atoms with van der Waals surface area (Å²) >= 11 is 6.13. The van der Waals surface area contributed by atoms with E-state index in [-0.39, 0.29) is 55.9 Å². The molecule has 54 heavy (non-hydrogen) atoms. The van der Waals surface area contributed by atoms with Gasteiger partial charge >= 0.3 is 30.9 Å². The van der Waals surface area contributed by atoms with Gasteiger partial charge in [-0.15, -0.1) is 0 Å². The molecular formula is C33H31BClF2N5O12. The monoisotopic (exact) mass is 773 g/mol. The number of rotatable bonds is 10. The number of amides is 6. The number of nitrogens with one attached hydrogen (secondary N) is 2. The minimum Gasteiger partial charge on any atom is -0.534 e. The SMILES string of the molecule is CN(CCCN1CCN(C(=O)NC(C(=O)N[C@H]2Cc3ccc(F)c(C(=O)O)c3OB2O)c2cc(F)c(O)c(O)c2Cl)C(=O)C1=O)C(=O)c1cccc(O)c1. The van der Waals surface area contributed by atoms with E-state index in [1.165, 1.54) is 36.2 Å². The van der Waals surface area contributed by atoms with Crippen LogP contribution in [0.5, 0.6) is 23.0 Å². The Balaban J connectivity index is 1.29. The molecule has 0 bridgehead atoms. The van der Waals surface area contributed by atoms with Gasteiger partial charge in [0.15, 0.2) is 17.3 Å². The van der Waals surface area contributed by atoms with Crippen molar-refractivity contribution in [1.29, 1.82) is 0 Å². The number of aromatic hydroxyl groups is 3. The smallest absolute Gasteiger partial charge is 0.534 e. The third-order valence-electron chi connectivity index (χ3n) is 8.70. The van der Waals surface area contributed by atoms with Gasteiger partial charge in [0.1, 0.15) is 28.9 Å². The zero-order valence-electron chi connectivity index (χ0n) is 28.1. The summed E-state index contributed by atoms with van der Waals surface area (Å²) in [6, 6.07) is 4.83. The molecule has 2 aliphatic rings. The normalized spacial score (nSPS) is 15.9. The number of fused-ring (bicyclic) bond motifs is 1. The molecule has 0 radical (unpaired) electrons. The van der Waals surface area contributed by atoms with Crippen LogP contribution in [0.25, 0.3) is 0 Å². The second kappa shape index (κ2) is 15.8. The van der Waals surface area contributed by atoms with Crippen LogP contribution in [0.1, 0.15) is 44.3 Å².